The minimum atomic E-state index is -0.479. The summed E-state index contributed by atoms with van der Waals surface area (Å²) in [6, 6.07) is 0.297. The van der Waals surface area contributed by atoms with Crippen molar-refractivity contribution in [1.82, 2.24) is 10.2 Å². The second-order valence-electron chi connectivity index (χ2n) is 6.18. The summed E-state index contributed by atoms with van der Waals surface area (Å²) in [6.07, 6.45) is 3.81. The average Bonchev–Trinajstić information content (AvgIpc) is 2.26. The molecule has 5 heteroatoms. The third-order valence-electron chi connectivity index (χ3n) is 3.47. The average molecular weight is 270 g/mol. The molecular formula is C14H26N2O3. The maximum atomic E-state index is 12.1. The van der Waals surface area contributed by atoms with E-state index in [9.17, 15) is 9.59 Å². The van der Waals surface area contributed by atoms with Crippen molar-refractivity contribution in [3.8, 4) is 0 Å². The van der Waals surface area contributed by atoms with E-state index in [4.69, 9.17) is 5.11 Å². The molecule has 19 heavy (non-hydrogen) atoms. The molecule has 0 atom stereocenters. The molecule has 0 unspecified atom stereocenters. The number of amides is 2. The Morgan fingerprint density at radius 2 is 1.95 bits per heavy atom. The fourth-order valence-corrected chi connectivity index (χ4v) is 1.97. The number of aliphatic hydroxyl groups is 1. The van der Waals surface area contributed by atoms with Gasteiger partial charge in [-0.25, -0.2) is 0 Å². The molecule has 1 aliphatic rings. The molecule has 0 saturated heterocycles. The highest BCUT2D eigenvalue weighted by atomic mass is 16.3. The van der Waals surface area contributed by atoms with Crippen LogP contribution in [0.15, 0.2) is 0 Å². The fourth-order valence-electron chi connectivity index (χ4n) is 1.97. The summed E-state index contributed by atoms with van der Waals surface area (Å²) < 4.78 is 0. The second kappa shape index (κ2) is 6.89. The zero-order chi connectivity index (χ0) is 14.5. The van der Waals surface area contributed by atoms with Crippen LogP contribution in [0.1, 0.15) is 46.5 Å². The van der Waals surface area contributed by atoms with E-state index in [1.807, 2.05) is 25.7 Å². The van der Waals surface area contributed by atoms with Crippen molar-refractivity contribution in [3.63, 3.8) is 0 Å². The van der Waals surface area contributed by atoms with Gasteiger partial charge in [-0.15, -0.1) is 0 Å². The van der Waals surface area contributed by atoms with Gasteiger partial charge < -0.3 is 15.3 Å². The Balaban J connectivity index is 2.45. The molecule has 0 heterocycles. The Morgan fingerprint density at radius 3 is 2.37 bits per heavy atom. The molecule has 0 spiro atoms. The van der Waals surface area contributed by atoms with Crippen LogP contribution in [0, 0.1) is 5.41 Å². The number of hydrogen-bond acceptors (Lipinski definition) is 3. The van der Waals surface area contributed by atoms with Crippen LogP contribution in [0.4, 0.5) is 0 Å². The Hall–Kier alpha value is -1.10. The van der Waals surface area contributed by atoms with E-state index in [-0.39, 0.29) is 25.0 Å². The van der Waals surface area contributed by atoms with Gasteiger partial charge in [0, 0.05) is 24.6 Å². The summed E-state index contributed by atoms with van der Waals surface area (Å²) in [4.78, 5) is 25.7. The van der Waals surface area contributed by atoms with E-state index in [0.29, 0.717) is 19.0 Å². The van der Waals surface area contributed by atoms with Crippen molar-refractivity contribution in [1.29, 1.82) is 0 Å². The first-order valence-electron chi connectivity index (χ1n) is 7.05. The van der Waals surface area contributed by atoms with E-state index < -0.39 is 5.41 Å². The van der Waals surface area contributed by atoms with Crippen molar-refractivity contribution in [2.24, 2.45) is 5.41 Å². The SMILES string of the molecule is CC(C)(C)C(=O)NCC(=O)N(CCCO)C1CCC1. The van der Waals surface area contributed by atoms with Gasteiger partial charge in [0.1, 0.15) is 0 Å². The molecule has 1 rings (SSSR count). The Morgan fingerprint density at radius 1 is 1.32 bits per heavy atom. The lowest BCUT2D eigenvalue weighted by Crippen LogP contribution is -2.49. The van der Waals surface area contributed by atoms with Gasteiger partial charge >= 0.3 is 0 Å². The first kappa shape index (κ1) is 16.0. The lowest BCUT2D eigenvalue weighted by molar-refractivity contribution is -0.138. The van der Waals surface area contributed by atoms with Gasteiger partial charge in [-0.1, -0.05) is 20.8 Å². The van der Waals surface area contributed by atoms with Gasteiger partial charge in [0.05, 0.1) is 6.54 Å². The number of hydrogen-bond donors (Lipinski definition) is 2. The fraction of sp³-hybridized carbons (Fsp3) is 0.857. The van der Waals surface area contributed by atoms with Crippen LogP contribution in [-0.4, -0.2) is 47.6 Å². The van der Waals surface area contributed by atoms with E-state index in [2.05, 4.69) is 5.32 Å². The quantitative estimate of drug-likeness (QED) is 0.754. The number of carbonyl (C=O) groups is 2. The van der Waals surface area contributed by atoms with Gasteiger partial charge in [0.25, 0.3) is 0 Å². The summed E-state index contributed by atoms with van der Waals surface area (Å²) in [5, 5.41) is 11.6. The molecule has 5 nitrogen and oxygen atoms in total. The van der Waals surface area contributed by atoms with Crippen LogP contribution in [-0.2, 0) is 9.59 Å². The van der Waals surface area contributed by atoms with Crippen molar-refractivity contribution in [2.45, 2.75) is 52.5 Å². The van der Waals surface area contributed by atoms with E-state index in [1.165, 1.54) is 0 Å². The zero-order valence-corrected chi connectivity index (χ0v) is 12.2. The van der Waals surface area contributed by atoms with E-state index in [0.717, 1.165) is 19.3 Å². The molecule has 1 fully saturated rings. The van der Waals surface area contributed by atoms with Crippen LogP contribution in [0.5, 0.6) is 0 Å². The monoisotopic (exact) mass is 270 g/mol. The summed E-state index contributed by atoms with van der Waals surface area (Å²) in [5.41, 5.74) is -0.479. The van der Waals surface area contributed by atoms with Crippen molar-refractivity contribution in [3.05, 3.63) is 0 Å². The highest BCUT2D eigenvalue weighted by Crippen LogP contribution is 2.25. The maximum Gasteiger partial charge on any atom is 0.242 e. The predicted octanol–water partition coefficient (Wildman–Crippen LogP) is 0.912. The van der Waals surface area contributed by atoms with Crippen LogP contribution in [0.25, 0.3) is 0 Å². The highest BCUT2D eigenvalue weighted by Gasteiger charge is 2.29. The summed E-state index contributed by atoms with van der Waals surface area (Å²) >= 11 is 0. The number of nitrogens with zero attached hydrogens (tertiary/aromatic N) is 1. The molecule has 0 radical (unpaired) electrons. The molecule has 2 N–H and O–H groups in total. The summed E-state index contributed by atoms with van der Waals surface area (Å²) in [5.74, 6) is -0.160. The standard InChI is InChI=1S/C14H26N2O3/c1-14(2,3)13(19)15-10-12(18)16(8-5-9-17)11-6-4-7-11/h11,17H,4-10H2,1-3H3,(H,15,19). The molecule has 0 aliphatic heterocycles. The third-order valence-corrected chi connectivity index (χ3v) is 3.47. The summed E-state index contributed by atoms with van der Waals surface area (Å²) in [7, 11) is 0. The Labute approximate surface area is 115 Å². The van der Waals surface area contributed by atoms with Crippen LogP contribution in [0.2, 0.25) is 0 Å². The van der Waals surface area contributed by atoms with Crippen molar-refractivity contribution < 1.29 is 14.7 Å². The van der Waals surface area contributed by atoms with Crippen LogP contribution in [0.3, 0.4) is 0 Å². The number of rotatable bonds is 6. The lowest BCUT2D eigenvalue weighted by Gasteiger charge is -2.37. The Bertz CT molecular complexity index is 319. The largest absolute Gasteiger partial charge is 0.396 e. The van der Waals surface area contributed by atoms with Gasteiger partial charge in [0.15, 0.2) is 0 Å². The number of nitrogens with one attached hydrogen (secondary N) is 1. The first-order valence-corrected chi connectivity index (χ1v) is 7.05. The van der Waals surface area contributed by atoms with Gasteiger partial charge in [-0.05, 0) is 25.7 Å². The minimum Gasteiger partial charge on any atom is -0.396 e. The molecule has 0 aromatic rings. The summed E-state index contributed by atoms with van der Waals surface area (Å²) in [6.45, 7) is 6.18. The topological polar surface area (TPSA) is 69.6 Å². The third kappa shape index (κ3) is 4.82. The predicted molar refractivity (Wildman–Crippen MR) is 73.5 cm³/mol. The van der Waals surface area contributed by atoms with Crippen molar-refractivity contribution >= 4 is 11.8 Å². The van der Waals surface area contributed by atoms with Crippen LogP contribution >= 0.6 is 0 Å². The first-order chi connectivity index (χ1) is 8.86. The highest BCUT2D eigenvalue weighted by molar-refractivity contribution is 5.87. The smallest absolute Gasteiger partial charge is 0.242 e. The Kier molecular flexibility index (Phi) is 5.79. The minimum absolute atomic E-state index is 0.0456. The zero-order valence-electron chi connectivity index (χ0n) is 12.2. The lowest BCUT2D eigenvalue weighted by atomic mass is 9.91. The molecule has 0 aromatic heterocycles. The number of aliphatic hydroxyl groups excluding tert-OH is 1. The van der Waals surface area contributed by atoms with Gasteiger partial charge in [0.2, 0.25) is 11.8 Å². The molecular weight excluding hydrogens is 244 g/mol. The second-order valence-corrected chi connectivity index (χ2v) is 6.18. The molecule has 1 aliphatic carbocycles. The molecule has 0 bridgehead atoms. The van der Waals surface area contributed by atoms with Crippen molar-refractivity contribution in [2.75, 3.05) is 19.7 Å². The van der Waals surface area contributed by atoms with Crippen LogP contribution < -0.4 is 5.32 Å². The molecule has 2 amide bonds. The van der Waals surface area contributed by atoms with Gasteiger partial charge in [-0.3, -0.25) is 9.59 Å². The van der Waals surface area contributed by atoms with Gasteiger partial charge in [-0.2, -0.15) is 0 Å². The molecule has 0 aromatic carbocycles. The van der Waals surface area contributed by atoms with E-state index in [1.54, 1.807) is 0 Å². The normalized spacial score (nSPS) is 15.8. The maximum absolute atomic E-state index is 12.1. The molecule has 1 saturated carbocycles. The molecule has 110 valence electrons. The number of carbonyl (C=O) groups excluding carboxylic acids is 2. The van der Waals surface area contributed by atoms with E-state index >= 15 is 0 Å².